The van der Waals surface area contributed by atoms with E-state index in [9.17, 15) is 9.59 Å². The highest BCUT2D eigenvalue weighted by Gasteiger charge is 2.24. The third-order valence-electron chi connectivity index (χ3n) is 3.30. The van der Waals surface area contributed by atoms with Crippen molar-refractivity contribution in [3.05, 3.63) is 23.7 Å². The maximum absolute atomic E-state index is 11.9. The van der Waals surface area contributed by atoms with Crippen LogP contribution in [0.1, 0.15) is 48.9 Å². The van der Waals surface area contributed by atoms with Gasteiger partial charge in [-0.2, -0.15) is 0 Å². The van der Waals surface area contributed by atoms with Gasteiger partial charge in [-0.1, -0.05) is 12.8 Å². The molecular weight excluding hydrogens is 246 g/mol. The third-order valence-corrected chi connectivity index (χ3v) is 3.30. The molecule has 1 fully saturated rings. The van der Waals surface area contributed by atoms with Crippen LogP contribution in [0.15, 0.2) is 16.5 Å². The second-order valence-corrected chi connectivity index (χ2v) is 4.95. The van der Waals surface area contributed by atoms with Gasteiger partial charge < -0.3 is 14.5 Å². The Hall–Kier alpha value is -1.78. The highest BCUT2D eigenvalue weighted by molar-refractivity contribution is 5.90. The van der Waals surface area contributed by atoms with Crippen molar-refractivity contribution in [1.29, 1.82) is 0 Å². The van der Waals surface area contributed by atoms with Gasteiger partial charge in [-0.3, -0.25) is 4.79 Å². The fourth-order valence-electron chi connectivity index (χ4n) is 2.21. The molecule has 1 aromatic heterocycles. The molecule has 1 amide bonds. The molecule has 19 heavy (non-hydrogen) atoms. The topological polar surface area (TPSA) is 68.5 Å². The van der Waals surface area contributed by atoms with Crippen molar-refractivity contribution in [2.45, 2.75) is 51.7 Å². The number of esters is 1. The van der Waals surface area contributed by atoms with E-state index in [1.54, 1.807) is 26.0 Å². The van der Waals surface area contributed by atoms with Crippen LogP contribution in [0, 0.1) is 6.92 Å². The number of rotatable bonds is 4. The van der Waals surface area contributed by atoms with Crippen LogP contribution < -0.4 is 5.32 Å². The van der Waals surface area contributed by atoms with E-state index in [-0.39, 0.29) is 17.7 Å². The van der Waals surface area contributed by atoms with Crippen LogP contribution >= 0.6 is 0 Å². The largest absolute Gasteiger partial charge is 0.454 e. The maximum Gasteiger partial charge on any atom is 0.375 e. The second kappa shape index (κ2) is 5.91. The summed E-state index contributed by atoms with van der Waals surface area (Å²) in [5.41, 5.74) is 0. The molecule has 5 nitrogen and oxygen atoms in total. The first-order valence-corrected chi connectivity index (χ1v) is 6.64. The van der Waals surface area contributed by atoms with E-state index < -0.39 is 12.1 Å². The number of aryl methyl sites for hydroxylation is 1. The van der Waals surface area contributed by atoms with E-state index in [2.05, 4.69) is 5.32 Å². The van der Waals surface area contributed by atoms with Gasteiger partial charge >= 0.3 is 5.97 Å². The normalized spacial score (nSPS) is 17.2. The van der Waals surface area contributed by atoms with Gasteiger partial charge in [-0.15, -0.1) is 0 Å². The molecule has 1 N–H and O–H groups in total. The minimum absolute atomic E-state index is 0.123. The SMILES string of the molecule is Cc1ccc(C(=O)O[C@@H](C)C(=O)NC2CCCC2)o1. The Balaban J connectivity index is 1.84. The standard InChI is InChI=1S/C14H19NO4/c1-9-7-8-12(18-9)14(17)19-10(2)13(16)15-11-5-3-4-6-11/h7-8,10-11H,3-6H2,1-2H3,(H,15,16)/t10-/m0/s1. The minimum Gasteiger partial charge on any atom is -0.454 e. The van der Waals surface area contributed by atoms with Crippen LogP contribution in [0.5, 0.6) is 0 Å². The minimum atomic E-state index is -0.807. The van der Waals surface area contributed by atoms with Crippen LogP contribution in [0.25, 0.3) is 0 Å². The van der Waals surface area contributed by atoms with E-state index in [0.29, 0.717) is 5.76 Å². The number of hydrogen-bond acceptors (Lipinski definition) is 4. The highest BCUT2D eigenvalue weighted by Crippen LogP contribution is 2.18. The first-order chi connectivity index (χ1) is 9.06. The van der Waals surface area contributed by atoms with Crippen LogP contribution in [-0.4, -0.2) is 24.0 Å². The molecule has 1 saturated carbocycles. The molecule has 1 heterocycles. The summed E-state index contributed by atoms with van der Waals surface area (Å²) in [5, 5.41) is 2.89. The summed E-state index contributed by atoms with van der Waals surface area (Å²) in [5.74, 6) is -0.0984. The number of hydrogen-bond donors (Lipinski definition) is 1. The molecule has 0 aromatic carbocycles. The maximum atomic E-state index is 11.9. The molecule has 0 radical (unpaired) electrons. The zero-order chi connectivity index (χ0) is 13.8. The van der Waals surface area contributed by atoms with Crippen molar-refractivity contribution in [3.63, 3.8) is 0 Å². The first-order valence-electron chi connectivity index (χ1n) is 6.64. The lowest BCUT2D eigenvalue weighted by atomic mass is 10.2. The average molecular weight is 265 g/mol. The van der Waals surface area contributed by atoms with Crippen molar-refractivity contribution in [3.8, 4) is 0 Å². The van der Waals surface area contributed by atoms with Crippen molar-refractivity contribution in [2.24, 2.45) is 0 Å². The van der Waals surface area contributed by atoms with Crippen molar-refractivity contribution >= 4 is 11.9 Å². The molecule has 0 aliphatic heterocycles. The Bertz CT molecular complexity index is 460. The summed E-state index contributed by atoms with van der Waals surface area (Å²) in [4.78, 5) is 23.6. The average Bonchev–Trinajstić information content (AvgIpc) is 3.00. The monoisotopic (exact) mass is 265 g/mol. The molecule has 0 bridgehead atoms. The van der Waals surface area contributed by atoms with E-state index >= 15 is 0 Å². The molecule has 1 aliphatic rings. The molecule has 2 rings (SSSR count). The molecule has 104 valence electrons. The van der Waals surface area contributed by atoms with E-state index in [1.807, 2.05) is 0 Å². The van der Waals surface area contributed by atoms with E-state index in [1.165, 1.54) is 0 Å². The lowest BCUT2D eigenvalue weighted by molar-refractivity contribution is -0.129. The number of nitrogens with one attached hydrogen (secondary N) is 1. The van der Waals surface area contributed by atoms with Gasteiger partial charge in [0.15, 0.2) is 6.10 Å². The van der Waals surface area contributed by atoms with E-state index in [4.69, 9.17) is 9.15 Å². The fourth-order valence-corrected chi connectivity index (χ4v) is 2.21. The van der Waals surface area contributed by atoms with Gasteiger partial charge in [0, 0.05) is 6.04 Å². The number of carbonyl (C=O) groups is 2. The van der Waals surface area contributed by atoms with Crippen LogP contribution in [-0.2, 0) is 9.53 Å². The predicted octanol–water partition coefficient (Wildman–Crippen LogP) is 2.19. The van der Waals surface area contributed by atoms with Crippen molar-refractivity contribution in [1.82, 2.24) is 5.32 Å². The van der Waals surface area contributed by atoms with Crippen LogP contribution in [0.2, 0.25) is 0 Å². The summed E-state index contributed by atoms with van der Waals surface area (Å²) in [6, 6.07) is 3.44. The Kier molecular flexibility index (Phi) is 4.24. The van der Waals surface area contributed by atoms with Gasteiger partial charge in [0.2, 0.25) is 5.76 Å². The molecule has 5 heteroatoms. The Morgan fingerprint density at radius 1 is 1.37 bits per heavy atom. The summed E-state index contributed by atoms with van der Waals surface area (Å²) in [6.45, 7) is 3.31. The third kappa shape index (κ3) is 3.59. The highest BCUT2D eigenvalue weighted by atomic mass is 16.6. The number of carbonyl (C=O) groups excluding carboxylic acids is 2. The van der Waals surface area contributed by atoms with E-state index in [0.717, 1.165) is 25.7 Å². The fraction of sp³-hybridized carbons (Fsp3) is 0.571. The number of ether oxygens (including phenoxy) is 1. The molecule has 0 unspecified atom stereocenters. The van der Waals surface area contributed by atoms with Crippen LogP contribution in [0.4, 0.5) is 0 Å². The molecule has 0 spiro atoms. The summed E-state index contributed by atoms with van der Waals surface area (Å²) in [6.07, 6.45) is 3.49. The Morgan fingerprint density at radius 2 is 2.05 bits per heavy atom. The predicted molar refractivity (Wildman–Crippen MR) is 68.7 cm³/mol. The Morgan fingerprint density at radius 3 is 2.63 bits per heavy atom. The van der Waals surface area contributed by atoms with Crippen LogP contribution in [0.3, 0.4) is 0 Å². The van der Waals surface area contributed by atoms with Gasteiger partial charge in [0.1, 0.15) is 5.76 Å². The lowest BCUT2D eigenvalue weighted by Gasteiger charge is -2.16. The first kappa shape index (κ1) is 13.6. The number of amides is 1. The van der Waals surface area contributed by atoms with Gasteiger partial charge in [-0.25, -0.2) is 4.79 Å². The molecular formula is C14H19NO4. The van der Waals surface area contributed by atoms with Crippen molar-refractivity contribution < 1.29 is 18.7 Å². The molecule has 1 aliphatic carbocycles. The number of furan rings is 1. The summed E-state index contributed by atoms with van der Waals surface area (Å²) in [7, 11) is 0. The summed E-state index contributed by atoms with van der Waals surface area (Å²) >= 11 is 0. The quantitative estimate of drug-likeness (QED) is 0.847. The molecule has 0 saturated heterocycles. The molecule has 1 atom stereocenters. The zero-order valence-electron chi connectivity index (χ0n) is 11.3. The van der Waals surface area contributed by atoms with Gasteiger partial charge in [-0.05, 0) is 38.8 Å². The van der Waals surface area contributed by atoms with Gasteiger partial charge in [0.05, 0.1) is 0 Å². The molecule has 1 aromatic rings. The zero-order valence-corrected chi connectivity index (χ0v) is 11.3. The van der Waals surface area contributed by atoms with Gasteiger partial charge in [0.25, 0.3) is 5.91 Å². The smallest absolute Gasteiger partial charge is 0.375 e. The summed E-state index contributed by atoms with van der Waals surface area (Å²) < 4.78 is 10.2. The lowest BCUT2D eigenvalue weighted by Crippen LogP contribution is -2.40. The van der Waals surface area contributed by atoms with Crippen molar-refractivity contribution in [2.75, 3.05) is 0 Å². The Labute approximate surface area is 112 Å². The second-order valence-electron chi connectivity index (χ2n) is 4.95.